The van der Waals surface area contributed by atoms with Crippen LogP contribution in [0.15, 0.2) is 71.3 Å². The minimum absolute atomic E-state index is 0.108. The summed E-state index contributed by atoms with van der Waals surface area (Å²) in [6.07, 6.45) is 4.04. The van der Waals surface area contributed by atoms with Crippen LogP contribution < -0.4 is 10.1 Å². The van der Waals surface area contributed by atoms with Gasteiger partial charge in [-0.25, -0.2) is 4.79 Å². The van der Waals surface area contributed by atoms with Crippen molar-refractivity contribution in [2.75, 3.05) is 26.7 Å². The highest BCUT2D eigenvalue weighted by Crippen LogP contribution is 2.34. The van der Waals surface area contributed by atoms with E-state index in [0.29, 0.717) is 13.0 Å². The van der Waals surface area contributed by atoms with Gasteiger partial charge < -0.3 is 14.5 Å². The number of likely N-dealkylation sites (tertiary alicyclic amines) is 1. The van der Waals surface area contributed by atoms with Gasteiger partial charge in [-0.05, 0) is 80.6 Å². The highest BCUT2D eigenvalue weighted by molar-refractivity contribution is 6.07. The number of furan rings is 1. The Labute approximate surface area is 212 Å². The van der Waals surface area contributed by atoms with Crippen LogP contribution in [0.4, 0.5) is 4.79 Å². The lowest BCUT2D eigenvalue weighted by Gasteiger charge is -2.39. The first-order valence-electron chi connectivity index (χ1n) is 12.6. The van der Waals surface area contributed by atoms with E-state index >= 15 is 0 Å². The molecule has 2 aliphatic heterocycles. The van der Waals surface area contributed by atoms with Crippen molar-refractivity contribution < 1.29 is 18.7 Å². The molecule has 7 nitrogen and oxygen atoms in total. The monoisotopic (exact) mass is 487 g/mol. The molecule has 1 atom stereocenters. The summed E-state index contributed by atoms with van der Waals surface area (Å²) in [6.45, 7) is 4.85. The van der Waals surface area contributed by atoms with E-state index in [1.54, 1.807) is 13.4 Å². The molecule has 7 heteroatoms. The number of nitrogens with one attached hydrogen (secondary N) is 1. The van der Waals surface area contributed by atoms with Crippen LogP contribution in [0.5, 0.6) is 5.75 Å². The van der Waals surface area contributed by atoms with Crippen molar-refractivity contribution in [2.45, 2.75) is 38.3 Å². The summed E-state index contributed by atoms with van der Waals surface area (Å²) in [6, 6.07) is 19.7. The Hall–Kier alpha value is -3.58. The summed E-state index contributed by atoms with van der Waals surface area (Å²) in [7, 11) is 1.63. The molecule has 2 aromatic carbocycles. The van der Waals surface area contributed by atoms with E-state index in [1.807, 2.05) is 49.4 Å². The van der Waals surface area contributed by atoms with E-state index in [9.17, 15) is 9.59 Å². The molecule has 3 amide bonds. The maximum Gasteiger partial charge on any atom is 0.325 e. The number of benzene rings is 2. The van der Waals surface area contributed by atoms with Gasteiger partial charge in [0, 0.05) is 18.7 Å². The molecule has 5 rings (SSSR count). The van der Waals surface area contributed by atoms with Gasteiger partial charge in [-0.3, -0.25) is 14.6 Å². The third kappa shape index (κ3) is 4.75. The van der Waals surface area contributed by atoms with Gasteiger partial charge in [0.05, 0.1) is 13.4 Å². The molecule has 0 saturated carbocycles. The van der Waals surface area contributed by atoms with Crippen molar-refractivity contribution in [3.8, 4) is 17.1 Å². The van der Waals surface area contributed by atoms with Gasteiger partial charge in [0.25, 0.3) is 5.91 Å². The van der Waals surface area contributed by atoms with Gasteiger partial charge >= 0.3 is 6.03 Å². The normalized spacial score (nSPS) is 21.1. The van der Waals surface area contributed by atoms with Crippen LogP contribution in [0.25, 0.3) is 11.3 Å². The molecular weight excluding hydrogens is 454 g/mol. The number of methoxy groups -OCH3 is 1. The second-order valence-electron chi connectivity index (χ2n) is 9.87. The molecular formula is C29H33N3O4. The third-order valence-electron chi connectivity index (χ3n) is 7.69. The van der Waals surface area contributed by atoms with Gasteiger partial charge in [-0.2, -0.15) is 0 Å². The number of urea groups is 1. The van der Waals surface area contributed by atoms with Crippen LogP contribution in [0.3, 0.4) is 0 Å². The quantitative estimate of drug-likeness (QED) is 0.466. The maximum absolute atomic E-state index is 13.4. The minimum atomic E-state index is -0.852. The summed E-state index contributed by atoms with van der Waals surface area (Å²) in [4.78, 5) is 30.0. The van der Waals surface area contributed by atoms with Crippen LogP contribution in [-0.4, -0.2) is 54.0 Å². The van der Waals surface area contributed by atoms with Gasteiger partial charge in [-0.1, -0.05) is 36.4 Å². The van der Waals surface area contributed by atoms with E-state index in [0.717, 1.165) is 55.1 Å². The number of carbonyl (C=O) groups excluding carboxylic acids is 2. The minimum Gasteiger partial charge on any atom is -0.497 e. The van der Waals surface area contributed by atoms with Gasteiger partial charge in [-0.15, -0.1) is 0 Å². The molecule has 2 saturated heterocycles. The van der Waals surface area contributed by atoms with Crippen molar-refractivity contribution in [3.63, 3.8) is 0 Å². The largest absolute Gasteiger partial charge is 0.497 e. The van der Waals surface area contributed by atoms with Gasteiger partial charge in [0.15, 0.2) is 0 Å². The molecule has 2 fully saturated rings. The zero-order valence-corrected chi connectivity index (χ0v) is 20.9. The Morgan fingerprint density at radius 1 is 1.03 bits per heavy atom. The van der Waals surface area contributed by atoms with Crippen molar-refractivity contribution in [1.82, 2.24) is 15.1 Å². The lowest BCUT2D eigenvalue weighted by molar-refractivity contribution is -0.133. The van der Waals surface area contributed by atoms with Gasteiger partial charge in [0.2, 0.25) is 0 Å². The Morgan fingerprint density at radius 3 is 2.47 bits per heavy atom. The van der Waals surface area contributed by atoms with Crippen LogP contribution in [-0.2, 0) is 17.8 Å². The van der Waals surface area contributed by atoms with E-state index in [4.69, 9.17) is 9.15 Å². The fourth-order valence-electron chi connectivity index (χ4n) is 5.47. The lowest BCUT2D eigenvalue weighted by Crippen LogP contribution is -2.53. The summed E-state index contributed by atoms with van der Waals surface area (Å²) in [5.41, 5.74) is 2.55. The van der Waals surface area contributed by atoms with Crippen molar-refractivity contribution in [2.24, 2.45) is 5.92 Å². The fraction of sp³-hybridized carbons (Fsp3) is 0.379. The number of piperidine rings is 1. The molecule has 1 N–H and O–H groups in total. The molecule has 36 heavy (non-hydrogen) atoms. The van der Waals surface area contributed by atoms with Crippen molar-refractivity contribution in [3.05, 3.63) is 78.1 Å². The average Bonchev–Trinajstić information content (AvgIpc) is 3.51. The molecule has 188 valence electrons. The molecule has 3 heterocycles. The van der Waals surface area contributed by atoms with Crippen molar-refractivity contribution in [1.29, 1.82) is 0 Å². The highest BCUT2D eigenvalue weighted by atomic mass is 16.5. The molecule has 2 aliphatic rings. The molecule has 3 aromatic rings. The van der Waals surface area contributed by atoms with Crippen LogP contribution in [0, 0.1) is 5.92 Å². The predicted molar refractivity (Wildman–Crippen MR) is 137 cm³/mol. The number of imide groups is 1. The van der Waals surface area contributed by atoms with E-state index in [2.05, 4.69) is 28.4 Å². The van der Waals surface area contributed by atoms with Crippen molar-refractivity contribution >= 4 is 11.9 Å². The van der Waals surface area contributed by atoms with Crippen LogP contribution >= 0.6 is 0 Å². The zero-order valence-electron chi connectivity index (χ0n) is 20.9. The first-order chi connectivity index (χ1) is 17.5. The van der Waals surface area contributed by atoms with Crippen LogP contribution in [0.1, 0.15) is 30.9 Å². The zero-order chi connectivity index (χ0) is 25.1. The summed E-state index contributed by atoms with van der Waals surface area (Å²) in [5, 5.41) is 3.03. The highest BCUT2D eigenvalue weighted by Gasteiger charge is 2.52. The Kier molecular flexibility index (Phi) is 6.83. The number of hydrogen-bond donors (Lipinski definition) is 1. The Bertz CT molecular complexity index is 1200. The molecule has 0 spiro atoms. The van der Waals surface area contributed by atoms with E-state index < -0.39 is 5.54 Å². The first kappa shape index (κ1) is 24.1. The number of rotatable bonds is 8. The smallest absolute Gasteiger partial charge is 0.325 e. The van der Waals surface area contributed by atoms with E-state index in [-0.39, 0.29) is 17.9 Å². The van der Waals surface area contributed by atoms with Crippen LogP contribution in [0.2, 0.25) is 0 Å². The predicted octanol–water partition coefficient (Wildman–Crippen LogP) is 4.72. The average molecular weight is 488 g/mol. The Balaban J connectivity index is 1.19. The number of ether oxygens (including phenoxy) is 1. The lowest BCUT2D eigenvalue weighted by atomic mass is 9.78. The fourth-order valence-corrected chi connectivity index (χ4v) is 5.47. The molecule has 0 aliphatic carbocycles. The summed E-state index contributed by atoms with van der Waals surface area (Å²) in [5.74, 6) is 1.67. The second kappa shape index (κ2) is 10.2. The molecule has 0 bridgehead atoms. The summed E-state index contributed by atoms with van der Waals surface area (Å²) < 4.78 is 10.8. The number of amides is 3. The van der Waals surface area contributed by atoms with E-state index in [1.165, 1.54) is 10.5 Å². The number of nitrogens with zero attached hydrogens (tertiary/aromatic N) is 2. The molecule has 1 aromatic heterocycles. The second-order valence-corrected chi connectivity index (χ2v) is 9.87. The first-order valence-corrected chi connectivity index (χ1v) is 12.6. The topological polar surface area (TPSA) is 75.0 Å². The SMILES string of the molecule is COc1ccc(CCN2C(=O)NC(C)(C3CCN(Cc4ccccc4-c4ccco4)CC3)C2=O)cc1. The standard InChI is InChI=1S/C29H33N3O4/c1-29(27(33)32(28(34)30-29)18-13-21-9-11-24(35-2)12-10-21)23-14-16-31(17-15-23)20-22-6-3-4-7-25(22)26-8-5-19-36-26/h3-12,19,23H,13-18,20H2,1-2H3,(H,30,34). The van der Waals surface area contributed by atoms with Gasteiger partial charge in [0.1, 0.15) is 17.0 Å². The number of hydrogen-bond acceptors (Lipinski definition) is 5. The summed E-state index contributed by atoms with van der Waals surface area (Å²) >= 11 is 0. The Morgan fingerprint density at radius 2 is 1.78 bits per heavy atom. The molecule has 0 radical (unpaired) electrons. The maximum atomic E-state index is 13.4. The number of carbonyl (C=O) groups is 2. The third-order valence-corrected chi connectivity index (χ3v) is 7.69. The molecule has 1 unspecified atom stereocenters.